The minimum Gasteiger partial charge on any atom is -0.312 e. The van der Waals surface area contributed by atoms with Gasteiger partial charge in [0.25, 0.3) is 0 Å². The molecule has 0 saturated carbocycles. The molecule has 0 aliphatic heterocycles. The predicted molar refractivity (Wildman–Crippen MR) is 110 cm³/mol. The lowest BCUT2D eigenvalue weighted by Gasteiger charge is -2.21. The van der Waals surface area contributed by atoms with Gasteiger partial charge in [0.05, 0.1) is 10.2 Å². The molecule has 1 heterocycles. The molecule has 0 unspecified atom stereocenters. The third-order valence-electron chi connectivity index (χ3n) is 4.14. The molecule has 0 aliphatic rings. The van der Waals surface area contributed by atoms with Gasteiger partial charge in [-0.3, -0.25) is 4.79 Å². The Balaban J connectivity index is 1.71. The molecule has 27 heavy (non-hydrogen) atoms. The highest BCUT2D eigenvalue weighted by Gasteiger charge is 2.25. The molecule has 0 radical (unpaired) electrons. The van der Waals surface area contributed by atoms with Gasteiger partial charge < -0.3 is 10.3 Å². The minimum absolute atomic E-state index is 0.167. The van der Waals surface area contributed by atoms with Crippen LogP contribution < -0.4 is 10.2 Å². The number of halogens is 1. The van der Waals surface area contributed by atoms with Crippen molar-refractivity contribution in [3.63, 3.8) is 0 Å². The Labute approximate surface area is 166 Å². The molecule has 1 aromatic heterocycles. The zero-order valence-electron chi connectivity index (χ0n) is 14.7. The average molecular weight is 426 g/mol. The molecule has 2 N–H and O–H groups in total. The van der Waals surface area contributed by atoms with E-state index in [1.54, 1.807) is 25.1 Å². The fourth-order valence-corrected chi connectivity index (χ4v) is 5.76. The Morgan fingerprint density at radius 3 is 2.74 bits per heavy atom. The van der Waals surface area contributed by atoms with Gasteiger partial charge in [0, 0.05) is 31.2 Å². The number of fused-ring (bicyclic) bond motifs is 1. The molecule has 0 aliphatic carbocycles. The Hall–Kier alpha value is -1.71. The van der Waals surface area contributed by atoms with Crippen molar-refractivity contribution in [1.29, 1.82) is 0 Å². The molecule has 0 saturated heterocycles. The summed E-state index contributed by atoms with van der Waals surface area (Å²) in [7, 11) is -3.69. The molecule has 2 aromatic carbocycles. The van der Waals surface area contributed by atoms with Gasteiger partial charge in [-0.15, -0.1) is 0 Å². The molecule has 0 fully saturated rings. The van der Waals surface area contributed by atoms with Crippen molar-refractivity contribution >= 4 is 43.2 Å². The molecule has 9 heteroatoms. The van der Waals surface area contributed by atoms with E-state index in [-0.39, 0.29) is 9.77 Å². The van der Waals surface area contributed by atoms with E-state index in [4.69, 9.17) is 11.6 Å². The normalized spacial score (nSPS) is 12.1. The minimum atomic E-state index is -3.69. The van der Waals surface area contributed by atoms with Crippen molar-refractivity contribution in [2.24, 2.45) is 0 Å². The Morgan fingerprint density at radius 2 is 2.00 bits per heavy atom. The third-order valence-corrected chi connectivity index (χ3v) is 7.45. The molecule has 0 bridgehead atoms. The maximum atomic E-state index is 13.1. The van der Waals surface area contributed by atoms with Gasteiger partial charge in [0.1, 0.15) is 4.90 Å². The molecule has 0 amide bonds. The lowest BCUT2D eigenvalue weighted by atomic mass is 10.2. The number of likely N-dealkylation sites (N-methyl/N-ethyl adjacent to an activating group) is 1. The Bertz CT molecular complexity index is 1090. The number of rotatable bonds is 8. The first-order valence-corrected chi connectivity index (χ1v) is 11.1. The quantitative estimate of drug-likeness (QED) is 0.543. The summed E-state index contributed by atoms with van der Waals surface area (Å²) in [4.78, 5) is 14.2. The van der Waals surface area contributed by atoms with Gasteiger partial charge in [-0.1, -0.05) is 48.1 Å². The highest BCUT2D eigenvalue weighted by Crippen LogP contribution is 2.26. The number of benzene rings is 2. The van der Waals surface area contributed by atoms with E-state index in [1.807, 2.05) is 24.3 Å². The summed E-state index contributed by atoms with van der Waals surface area (Å²) in [5.74, 6) is 0. The van der Waals surface area contributed by atoms with E-state index < -0.39 is 10.0 Å². The summed E-state index contributed by atoms with van der Waals surface area (Å²) in [6.07, 6.45) is 0. The van der Waals surface area contributed by atoms with Crippen LogP contribution in [0.1, 0.15) is 12.5 Å². The first kappa shape index (κ1) is 20.0. The smallest absolute Gasteiger partial charge is 0.305 e. The summed E-state index contributed by atoms with van der Waals surface area (Å²) in [5, 5.41) is 3.91. The maximum Gasteiger partial charge on any atom is 0.305 e. The second-order valence-electron chi connectivity index (χ2n) is 5.95. The molecular formula is C18H20ClN3O3S2. The Kier molecular flexibility index (Phi) is 6.33. The number of H-pyrrole nitrogens is 1. The fourth-order valence-electron chi connectivity index (χ4n) is 2.82. The van der Waals surface area contributed by atoms with Gasteiger partial charge >= 0.3 is 4.87 Å². The van der Waals surface area contributed by atoms with Gasteiger partial charge in [-0.25, -0.2) is 8.42 Å². The monoisotopic (exact) mass is 425 g/mol. The highest BCUT2D eigenvalue weighted by atomic mass is 35.5. The van der Waals surface area contributed by atoms with Gasteiger partial charge in [-0.05, 0) is 29.8 Å². The summed E-state index contributed by atoms with van der Waals surface area (Å²) in [6.45, 7) is 3.58. The van der Waals surface area contributed by atoms with Crippen molar-refractivity contribution in [1.82, 2.24) is 14.6 Å². The molecule has 3 aromatic rings. The number of aromatic amines is 1. The van der Waals surface area contributed by atoms with Crippen molar-refractivity contribution in [2.45, 2.75) is 18.4 Å². The van der Waals surface area contributed by atoms with Crippen LogP contribution in [-0.4, -0.2) is 37.3 Å². The summed E-state index contributed by atoms with van der Waals surface area (Å²) < 4.78 is 28.0. The summed E-state index contributed by atoms with van der Waals surface area (Å²) in [5.41, 5.74) is 1.58. The molecule has 0 atom stereocenters. The van der Waals surface area contributed by atoms with Crippen LogP contribution in [0, 0.1) is 0 Å². The van der Waals surface area contributed by atoms with Crippen LogP contribution in [0.3, 0.4) is 0 Å². The SMILES string of the molecule is CCN(CCNCc1cccc(Cl)c1)S(=O)(=O)c1cccc2[nH]c(=O)sc12. The molecular weight excluding hydrogens is 406 g/mol. The van der Waals surface area contributed by atoms with E-state index in [2.05, 4.69) is 10.3 Å². The zero-order chi connectivity index (χ0) is 19.4. The second-order valence-corrected chi connectivity index (χ2v) is 9.28. The number of hydrogen-bond donors (Lipinski definition) is 2. The van der Waals surface area contributed by atoms with Crippen LogP contribution in [0.15, 0.2) is 52.2 Å². The summed E-state index contributed by atoms with van der Waals surface area (Å²) >= 11 is 6.88. The van der Waals surface area contributed by atoms with E-state index >= 15 is 0 Å². The largest absolute Gasteiger partial charge is 0.312 e. The van der Waals surface area contributed by atoms with Crippen LogP contribution in [0.4, 0.5) is 0 Å². The molecule has 144 valence electrons. The Morgan fingerprint density at radius 1 is 1.22 bits per heavy atom. The van der Waals surface area contributed by atoms with E-state index in [1.165, 1.54) is 4.31 Å². The van der Waals surface area contributed by atoms with Crippen LogP contribution in [0.2, 0.25) is 5.02 Å². The number of thiazole rings is 1. The first-order chi connectivity index (χ1) is 12.9. The van der Waals surface area contributed by atoms with Gasteiger partial charge in [0.15, 0.2) is 0 Å². The second kappa shape index (κ2) is 8.53. The van der Waals surface area contributed by atoms with E-state index in [0.29, 0.717) is 41.4 Å². The average Bonchev–Trinajstić information content (AvgIpc) is 3.01. The van der Waals surface area contributed by atoms with Crippen molar-refractivity contribution in [2.75, 3.05) is 19.6 Å². The number of hydrogen-bond acceptors (Lipinski definition) is 5. The van der Waals surface area contributed by atoms with Crippen LogP contribution in [0.5, 0.6) is 0 Å². The van der Waals surface area contributed by atoms with Gasteiger partial charge in [-0.2, -0.15) is 4.31 Å². The molecule has 3 rings (SSSR count). The molecule has 0 spiro atoms. The van der Waals surface area contributed by atoms with E-state index in [9.17, 15) is 13.2 Å². The van der Waals surface area contributed by atoms with Crippen molar-refractivity contribution < 1.29 is 8.42 Å². The number of sulfonamides is 1. The standard InChI is InChI=1S/C18H20ClN3O3S2/c1-2-22(10-9-20-12-13-5-3-6-14(19)11-13)27(24,25)16-8-4-7-15-17(16)26-18(23)21-15/h3-8,11,20H,2,9-10,12H2,1H3,(H,21,23). The maximum absolute atomic E-state index is 13.1. The first-order valence-electron chi connectivity index (χ1n) is 8.49. The zero-order valence-corrected chi connectivity index (χ0v) is 17.1. The predicted octanol–water partition coefficient (Wildman–Crippen LogP) is 3.04. The van der Waals surface area contributed by atoms with E-state index in [0.717, 1.165) is 16.9 Å². The van der Waals surface area contributed by atoms with Crippen molar-refractivity contribution in [3.8, 4) is 0 Å². The topological polar surface area (TPSA) is 82.3 Å². The van der Waals surface area contributed by atoms with Crippen LogP contribution in [0.25, 0.3) is 10.2 Å². The lowest BCUT2D eigenvalue weighted by Crippen LogP contribution is -2.36. The van der Waals surface area contributed by atoms with Gasteiger partial charge in [0.2, 0.25) is 10.0 Å². The lowest BCUT2D eigenvalue weighted by molar-refractivity contribution is 0.420. The highest BCUT2D eigenvalue weighted by molar-refractivity contribution is 7.89. The van der Waals surface area contributed by atoms with Crippen LogP contribution >= 0.6 is 22.9 Å². The van der Waals surface area contributed by atoms with Crippen LogP contribution in [-0.2, 0) is 16.6 Å². The third kappa shape index (κ3) is 4.59. The van der Waals surface area contributed by atoms with Crippen molar-refractivity contribution in [3.05, 3.63) is 62.7 Å². The number of aromatic nitrogens is 1. The molecule has 6 nitrogen and oxygen atoms in total. The number of nitrogens with zero attached hydrogens (tertiary/aromatic N) is 1. The number of nitrogens with one attached hydrogen (secondary N) is 2. The fraction of sp³-hybridized carbons (Fsp3) is 0.278. The summed E-state index contributed by atoms with van der Waals surface area (Å²) in [6, 6.07) is 12.4.